The molecule has 1 heterocycles. The summed E-state index contributed by atoms with van der Waals surface area (Å²) in [5.74, 6) is 0.512. The van der Waals surface area contributed by atoms with E-state index in [1.807, 2.05) is 37.3 Å². The lowest BCUT2D eigenvalue weighted by Crippen LogP contribution is -2.12. The van der Waals surface area contributed by atoms with E-state index in [0.29, 0.717) is 11.6 Å². The third-order valence-electron chi connectivity index (χ3n) is 3.23. The largest absolute Gasteiger partial charge is 0.480 e. The standard InChI is InChI=1S/C15H18N2O3/c1-10(11-7-5-4-6-8-11)14(18)13-15(20-3)17-12(19-2)9-16-13/h4-10,14,18H,1-3H3. The van der Waals surface area contributed by atoms with Crippen molar-refractivity contribution in [3.8, 4) is 11.8 Å². The highest BCUT2D eigenvalue weighted by molar-refractivity contribution is 5.29. The van der Waals surface area contributed by atoms with Crippen molar-refractivity contribution in [3.63, 3.8) is 0 Å². The van der Waals surface area contributed by atoms with Crippen molar-refractivity contribution < 1.29 is 14.6 Å². The number of hydrogen-bond donors (Lipinski definition) is 1. The molecule has 5 nitrogen and oxygen atoms in total. The first-order valence-corrected chi connectivity index (χ1v) is 6.35. The van der Waals surface area contributed by atoms with Crippen LogP contribution in [0.3, 0.4) is 0 Å². The second-order valence-corrected chi connectivity index (χ2v) is 4.45. The van der Waals surface area contributed by atoms with Gasteiger partial charge in [0.15, 0.2) is 0 Å². The number of nitrogens with zero attached hydrogens (tertiary/aromatic N) is 2. The number of rotatable bonds is 5. The van der Waals surface area contributed by atoms with Gasteiger partial charge in [-0.2, -0.15) is 4.98 Å². The fraction of sp³-hybridized carbons (Fsp3) is 0.333. The number of ether oxygens (including phenoxy) is 2. The molecule has 0 fully saturated rings. The van der Waals surface area contributed by atoms with E-state index in [9.17, 15) is 5.11 Å². The van der Waals surface area contributed by atoms with Gasteiger partial charge in [0, 0.05) is 5.92 Å². The van der Waals surface area contributed by atoms with Crippen LogP contribution in [0.15, 0.2) is 36.5 Å². The Morgan fingerprint density at radius 1 is 1.10 bits per heavy atom. The summed E-state index contributed by atoms with van der Waals surface area (Å²) >= 11 is 0. The topological polar surface area (TPSA) is 64.5 Å². The minimum absolute atomic E-state index is 0.118. The van der Waals surface area contributed by atoms with Crippen LogP contribution >= 0.6 is 0 Å². The van der Waals surface area contributed by atoms with Gasteiger partial charge in [-0.25, -0.2) is 4.98 Å². The van der Waals surface area contributed by atoms with Crippen molar-refractivity contribution in [3.05, 3.63) is 47.8 Å². The van der Waals surface area contributed by atoms with Crippen LogP contribution in [-0.4, -0.2) is 29.3 Å². The molecule has 0 spiro atoms. The summed E-state index contributed by atoms with van der Waals surface area (Å²) in [5.41, 5.74) is 1.43. The average Bonchev–Trinajstić information content (AvgIpc) is 2.53. The maximum absolute atomic E-state index is 10.5. The lowest BCUT2D eigenvalue weighted by molar-refractivity contribution is 0.141. The zero-order valence-electron chi connectivity index (χ0n) is 11.8. The highest BCUT2D eigenvalue weighted by atomic mass is 16.5. The zero-order chi connectivity index (χ0) is 14.5. The van der Waals surface area contributed by atoms with Gasteiger partial charge in [-0.05, 0) is 5.56 Å². The molecule has 0 aliphatic carbocycles. The van der Waals surface area contributed by atoms with Gasteiger partial charge in [0.2, 0.25) is 11.8 Å². The smallest absolute Gasteiger partial charge is 0.241 e. The molecule has 2 unspecified atom stereocenters. The van der Waals surface area contributed by atoms with Crippen LogP contribution in [0.1, 0.15) is 30.2 Å². The second-order valence-electron chi connectivity index (χ2n) is 4.45. The van der Waals surface area contributed by atoms with Gasteiger partial charge >= 0.3 is 0 Å². The number of aliphatic hydroxyl groups is 1. The lowest BCUT2D eigenvalue weighted by atomic mass is 9.93. The molecular weight excluding hydrogens is 256 g/mol. The Hall–Kier alpha value is -2.14. The predicted octanol–water partition coefficient (Wildman–Crippen LogP) is 2.33. The quantitative estimate of drug-likeness (QED) is 0.906. The Bertz CT molecular complexity index is 560. The molecule has 0 aliphatic rings. The minimum atomic E-state index is -0.800. The van der Waals surface area contributed by atoms with E-state index in [4.69, 9.17) is 9.47 Å². The summed E-state index contributed by atoms with van der Waals surface area (Å²) in [6.45, 7) is 1.94. The highest BCUT2D eigenvalue weighted by Crippen LogP contribution is 2.33. The average molecular weight is 274 g/mol. The summed E-state index contributed by atoms with van der Waals surface area (Å²) in [7, 11) is 3.00. The van der Waals surface area contributed by atoms with Crippen LogP contribution in [-0.2, 0) is 0 Å². The SMILES string of the molecule is COc1cnc(C(O)C(C)c2ccccc2)c(OC)n1. The van der Waals surface area contributed by atoms with E-state index < -0.39 is 6.10 Å². The Kier molecular flexibility index (Phi) is 4.53. The van der Waals surface area contributed by atoms with Crippen LogP contribution in [0.4, 0.5) is 0 Å². The monoisotopic (exact) mass is 274 g/mol. The molecule has 1 aromatic heterocycles. The molecule has 0 bridgehead atoms. The molecular formula is C15H18N2O3. The van der Waals surface area contributed by atoms with Crippen LogP contribution < -0.4 is 9.47 Å². The van der Waals surface area contributed by atoms with Crippen LogP contribution in [0.5, 0.6) is 11.8 Å². The van der Waals surface area contributed by atoms with E-state index in [0.717, 1.165) is 5.56 Å². The van der Waals surface area contributed by atoms with Crippen molar-refractivity contribution in [1.29, 1.82) is 0 Å². The molecule has 106 valence electrons. The molecule has 0 saturated carbocycles. The first-order valence-electron chi connectivity index (χ1n) is 6.35. The van der Waals surface area contributed by atoms with Gasteiger partial charge in [0.1, 0.15) is 11.8 Å². The van der Waals surface area contributed by atoms with E-state index in [2.05, 4.69) is 9.97 Å². The van der Waals surface area contributed by atoms with Crippen molar-refractivity contribution in [2.24, 2.45) is 0 Å². The maximum atomic E-state index is 10.5. The summed E-state index contributed by atoms with van der Waals surface area (Å²) in [4.78, 5) is 8.34. The summed E-state index contributed by atoms with van der Waals surface area (Å²) in [5, 5.41) is 10.5. The lowest BCUT2D eigenvalue weighted by Gasteiger charge is -2.20. The Labute approximate surface area is 118 Å². The normalized spacial score (nSPS) is 13.6. The number of methoxy groups -OCH3 is 2. The predicted molar refractivity (Wildman–Crippen MR) is 75.0 cm³/mol. The molecule has 1 aromatic carbocycles. The van der Waals surface area contributed by atoms with E-state index in [1.54, 1.807) is 0 Å². The van der Waals surface area contributed by atoms with E-state index in [-0.39, 0.29) is 11.8 Å². The van der Waals surface area contributed by atoms with Gasteiger partial charge in [-0.15, -0.1) is 0 Å². The molecule has 2 aromatic rings. The third-order valence-corrected chi connectivity index (χ3v) is 3.23. The van der Waals surface area contributed by atoms with Gasteiger partial charge in [-0.3, -0.25) is 0 Å². The minimum Gasteiger partial charge on any atom is -0.480 e. The van der Waals surface area contributed by atoms with Crippen molar-refractivity contribution in [2.45, 2.75) is 18.9 Å². The Morgan fingerprint density at radius 3 is 2.40 bits per heavy atom. The molecule has 5 heteroatoms. The fourth-order valence-corrected chi connectivity index (χ4v) is 1.99. The molecule has 0 amide bonds. The zero-order valence-corrected chi connectivity index (χ0v) is 11.8. The molecule has 0 radical (unpaired) electrons. The number of benzene rings is 1. The van der Waals surface area contributed by atoms with Crippen LogP contribution in [0.2, 0.25) is 0 Å². The second kappa shape index (κ2) is 6.34. The molecule has 2 atom stereocenters. The van der Waals surface area contributed by atoms with Gasteiger partial charge in [0.25, 0.3) is 0 Å². The van der Waals surface area contributed by atoms with Gasteiger partial charge in [-0.1, -0.05) is 37.3 Å². The fourth-order valence-electron chi connectivity index (χ4n) is 1.99. The Morgan fingerprint density at radius 2 is 1.80 bits per heavy atom. The van der Waals surface area contributed by atoms with E-state index in [1.165, 1.54) is 20.4 Å². The highest BCUT2D eigenvalue weighted by Gasteiger charge is 2.24. The molecule has 2 rings (SSSR count). The van der Waals surface area contributed by atoms with Crippen molar-refractivity contribution in [2.75, 3.05) is 14.2 Å². The Balaban J connectivity index is 2.31. The summed E-state index contributed by atoms with van der Waals surface area (Å²) < 4.78 is 10.2. The van der Waals surface area contributed by atoms with E-state index >= 15 is 0 Å². The first kappa shape index (κ1) is 14.3. The number of aliphatic hydroxyl groups excluding tert-OH is 1. The van der Waals surface area contributed by atoms with Crippen molar-refractivity contribution in [1.82, 2.24) is 9.97 Å². The molecule has 0 saturated heterocycles. The maximum Gasteiger partial charge on any atom is 0.241 e. The van der Waals surface area contributed by atoms with Gasteiger partial charge < -0.3 is 14.6 Å². The molecule has 20 heavy (non-hydrogen) atoms. The summed E-state index contributed by atoms with van der Waals surface area (Å²) in [6, 6.07) is 9.76. The summed E-state index contributed by atoms with van der Waals surface area (Å²) in [6.07, 6.45) is 0.671. The molecule has 1 N–H and O–H groups in total. The first-order chi connectivity index (χ1) is 9.67. The third kappa shape index (κ3) is 2.88. The number of hydrogen-bond acceptors (Lipinski definition) is 5. The number of aromatic nitrogens is 2. The van der Waals surface area contributed by atoms with Crippen molar-refractivity contribution >= 4 is 0 Å². The molecule has 0 aliphatic heterocycles. The van der Waals surface area contributed by atoms with Crippen LogP contribution in [0.25, 0.3) is 0 Å². The van der Waals surface area contributed by atoms with Crippen LogP contribution in [0, 0.1) is 0 Å². The van der Waals surface area contributed by atoms with Gasteiger partial charge in [0.05, 0.1) is 20.4 Å².